The van der Waals surface area contributed by atoms with Gasteiger partial charge in [-0.15, -0.1) is 11.0 Å². The fourth-order valence-electron chi connectivity index (χ4n) is 2.17. The number of hydrogen-bond acceptors (Lipinski definition) is 3. The van der Waals surface area contributed by atoms with Gasteiger partial charge in [-0.1, -0.05) is 6.08 Å². The number of hydrogen-bond donors (Lipinski definition) is 0. The molecule has 0 heterocycles. The molecule has 0 aromatic heterocycles. The summed E-state index contributed by atoms with van der Waals surface area (Å²) in [6.45, 7) is 2.37. The summed E-state index contributed by atoms with van der Waals surface area (Å²) in [6, 6.07) is 0. The molecule has 0 aliphatic heterocycles. The molecule has 0 spiro atoms. The second kappa shape index (κ2) is 8.08. The zero-order valence-corrected chi connectivity index (χ0v) is 14.1. The highest BCUT2D eigenvalue weighted by Crippen LogP contribution is 2.71. The fourth-order valence-corrected chi connectivity index (χ4v) is 2.17. The van der Waals surface area contributed by atoms with Gasteiger partial charge in [0, 0.05) is 10.9 Å². The molecular formula is C12H5F17O3. The topological polar surface area (TPSA) is 35.5 Å². The van der Waals surface area contributed by atoms with Crippen LogP contribution in [0, 0.1) is 0 Å². The van der Waals surface area contributed by atoms with Crippen LogP contribution in [0.15, 0.2) is 12.7 Å². The number of carbonyl (C=O) groups excluding carboxylic acids is 1. The van der Waals surface area contributed by atoms with Crippen LogP contribution in [0.25, 0.3) is 0 Å². The van der Waals surface area contributed by atoms with E-state index in [0.29, 0.717) is 0 Å². The summed E-state index contributed by atoms with van der Waals surface area (Å²) in [4.78, 5) is 10.5. The summed E-state index contributed by atoms with van der Waals surface area (Å²) >= 11 is 0. The summed E-state index contributed by atoms with van der Waals surface area (Å²) in [7, 11) is 0. The van der Waals surface area contributed by atoms with Crippen molar-refractivity contribution in [1.29, 1.82) is 0 Å². The fraction of sp³-hybridized carbons (Fsp3) is 0.750. The van der Waals surface area contributed by atoms with E-state index in [-0.39, 0.29) is 6.08 Å². The van der Waals surface area contributed by atoms with E-state index in [1.165, 1.54) is 0 Å². The number of ether oxygens (including phenoxy) is 1. The highest BCUT2D eigenvalue weighted by molar-refractivity contribution is 5.56. The molecule has 20 heteroatoms. The van der Waals surface area contributed by atoms with Gasteiger partial charge in [0.2, 0.25) is 5.67 Å². The average Bonchev–Trinajstić information content (AvgIpc) is 2.63. The Balaban J connectivity index is 0.00000172. The normalized spacial score (nSPS) is 29.0. The third kappa shape index (κ3) is 3.82. The summed E-state index contributed by atoms with van der Waals surface area (Å²) < 4.78 is 218. The van der Waals surface area contributed by atoms with Crippen molar-refractivity contribution in [2.75, 3.05) is 0 Å². The Morgan fingerprint density at radius 3 is 1.38 bits per heavy atom. The third-order valence-electron chi connectivity index (χ3n) is 3.70. The second-order valence-corrected chi connectivity index (χ2v) is 5.62. The molecule has 0 radical (unpaired) electrons. The zero-order chi connectivity index (χ0) is 26.4. The summed E-state index contributed by atoms with van der Waals surface area (Å²) in [5, 5.41) is 0. The van der Waals surface area contributed by atoms with Crippen molar-refractivity contribution in [1.82, 2.24) is 0 Å². The summed E-state index contributed by atoms with van der Waals surface area (Å²) in [6.07, 6.45) is -20.5. The molecule has 1 saturated carbocycles. The Labute approximate surface area is 163 Å². The first-order chi connectivity index (χ1) is 13.8. The lowest BCUT2D eigenvalue weighted by atomic mass is 9.91. The van der Waals surface area contributed by atoms with E-state index >= 15 is 0 Å². The van der Waals surface area contributed by atoms with Gasteiger partial charge in [-0.3, -0.25) is 4.74 Å². The van der Waals surface area contributed by atoms with Crippen LogP contribution in [-0.4, -0.2) is 53.7 Å². The maximum absolute atomic E-state index is 14.3. The Hall–Kier alpha value is -2.02. The number of rotatable bonds is 4. The van der Waals surface area contributed by atoms with E-state index in [0.717, 1.165) is 0 Å². The van der Waals surface area contributed by atoms with Gasteiger partial charge in [0.15, 0.2) is 0 Å². The van der Waals surface area contributed by atoms with Crippen molar-refractivity contribution in [3.63, 3.8) is 0 Å². The molecule has 0 bridgehead atoms. The van der Waals surface area contributed by atoms with Crippen molar-refractivity contribution in [3.05, 3.63) is 12.7 Å². The van der Waals surface area contributed by atoms with Gasteiger partial charge < -0.3 is 0 Å². The lowest BCUT2D eigenvalue weighted by Gasteiger charge is -2.40. The first-order valence-corrected chi connectivity index (χ1v) is 6.91. The molecule has 0 aromatic rings. The van der Waals surface area contributed by atoms with Crippen LogP contribution in [0.4, 0.5) is 79.6 Å². The first-order valence-electron chi connectivity index (χ1n) is 6.91. The number of halogens is 17. The zero-order valence-electron chi connectivity index (χ0n) is 14.1. The van der Waals surface area contributed by atoms with Gasteiger partial charge in [0.1, 0.15) is 0 Å². The van der Waals surface area contributed by atoms with E-state index in [1.54, 1.807) is 0 Å². The molecule has 3 nitrogen and oxygen atoms in total. The van der Waals surface area contributed by atoms with E-state index in [4.69, 9.17) is 4.79 Å². The molecule has 0 saturated heterocycles. The number of alkyl halides is 15. The molecular weight excluding hydrogens is 515 g/mol. The molecule has 1 aliphatic carbocycles. The molecule has 0 N–H and O–H groups in total. The van der Waals surface area contributed by atoms with Gasteiger partial charge in [0.25, 0.3) is 0 Å². The summed E-state index contributed by atoms with van der Waals surface area (Å²) in [5.74, 6) is -36.2. The van der Waals surface area contributed by atoms with Crippen LogP contribution in [0.2, 0.25) is 0 Å². The largest absolute Gasteiger partial charge is 0.531 e. The minimum Gasteiger partial charge on any atom is -0.286 e. The Morgan fingerprint density at radius 1 is 0.781 bits per heavy atom. The van der Waals surface area contributed by atoms with Crippen molar-refractivity contribution in [2.24, 2.45) is 0 Å². The highest BCUT2D eigenvalue weighted by Gasteiger charge is 3.01. The van der Waals surface area contributed by atoms with Gasteiger partial charge in [-0.25, -0.2) is 18.5 Å². The Morgan fingerprint density at radius 2 is 1.12 bits per heavy atom. The van der Waals surface area contributed by atoms with Crippen LogP contribution in [0.1, 0.15) is 6.42 Å². The van der Waals surface area contributed by atoms with Gasteiger partial charge in [-0.2, -0.15) is 57.1 Å². The maximum atomic E-state index is 14.3. The Bertz CT molecular complexity index is 699. The Kier molecular flexibility index (Phi) is 7.57. The minimum atomic E-state index is -7.55. The second-order valence-electron chi connectivity index (χ2n) is 5.62. The molecule has 1 aliphatic rings. The number of carbonyl (C=O) groups is 1. The van der Waals surface area contributed by atoms with E-state index in [2.05, 4.69) is 6.58 Å². The van der Waals surface area contributed by atoms with Gasteiger partial charge in [-0.05, 0) is 0 Å². The molecule has 2 atom stereocenters. The van der Waals surface area contributed by atoms with Crippen molar-refractivity contribution in [2.45, 2.75) is 53.9 Å². The number of allylic oxidation sites excluding steroid dienone is 1. The third-order valence-corrected chi connectivity index (χ3v) is 3.70. The van der Waals surface area contributed by atoms with E-state index in [1.807, 2.05) is 9.68 Å². The molecule has 0 amide bonds. The molecule has 190 valence electrons. The smallest absolute Gasteiger partial charge is 0.286 e. The lowest BCUT2D eigenvalue weighted by Crippen LogP contribution is -2.67. The molecule has 0 aromatic carbocycles. The summed E-state index contributed by atoms with van der Waals surface area (Å²) in [5.41, 5.74) is -6.28. The van der Waals surface area contributed by atoms with E-state index < -0.39 is 60.1 Å². The first kappa shape index (κ1) is 30.0. The molecule has 32 heavy (non-hydrogen) atoms. The monoisotopic (exact) mass is 520 g/mol. The molecule has 1 rings (SSSR count). The van der Waals surface area contributed by atoms with Crippen LogP contribution in [-0.2, 0) is 9.68 Å². The predicted octanol–water partition coefficient (Wildman–Crippen LogP) is 6.64. The quantitative estimate of drug-likeness (QED) is 0.237. The lowest BCUT2D eigenvalue weighted by molar-refractivity contribution is -0.492. The predicted molar refractivity (Wildman–Crippen MR) is 63.1 cm³/mol. The molecule has 1 fully saturated rings. The average molecular weight is 520 g/mol. The van der Waals surface area contributed by atoms with Crippen LogP contribution < -0.4 is 0 Å². The SMILES string of the molecule is C=CCC1(F)C(F)(F)C(F)(F)C(F)(F)C1(F)OC(F)(C(F)(F)F)C(F)(F)F.O=C(F)OF. The van der Waals surface area contributed by atoms with Crippen LogP contribution in [0.5, 0.6) is 0 Å². The molecule has 2 unspecified atom stereocenters. The van der Waals surface area contributed by atoms with Crippen LogP contribution in [0.3, 0.4) is 0 Å². The van der Waals surface area contributed by atoms with Crippen molar-refractivity contribution < 1.29 is 89.2 Å². The van der Waals surface area contributed by atoms with E-state index in [9.17, 15) is 74.8 Å². The van der Waals surface area contributed by atoms with Gasteiger partial charge >= 0.3 is 48.1 Å². The van der Waals surface area contributed by atoms with Crippen LogP contribution >= 0.6 is 0 Å². The van der Waals surface area contributed by atoms with Crippen molar-refractivity contribution in [3.8, 4) is 0 Å². The van der Waals surface area contributed by atoms with Gasteiger partial charge in [0.05, 0.1) is 0 Å². The standard InChI is InChI=1S/C11H5F15O.CF2O2/c1-2-3-4(12)5(13,14)6(15,16)7(17,18)8(4,19)27-9(20,10(21,22)23)11(24,25)26;2-1(4)5-3/h2H,1,3H2;. The van der Waals surface area contributed by atoms with Crippen molar-refractivity contribution >= 4 is 6.22 Å². The minimum absolute atomic E-state index is 0.343. The maximum Gasteiger partial charge on any atom is 0.531 e. The highest BCUT2D eigenvalue weighted by atomic mass is 19.4.